The standard InChI is InChI=1S/C21H20N2O7/c1-20(2)29-14-15(30-20)18-22-12(9-21(10-27-21)16(14)28-18)8-13(24)23(19(22)26)17(25)11-6-4-3-5-7-11/h3-8,14-16,18H,9-10H2,1-2H3/t14-,15+,16-,18+,21?/m0/s1. The number of epoxide rings is 1. The fourth-order valence-electron chi connectivity index (χ4n) is 4.88. The molecule has 2 aromatic rings. The molecule has 1 aromatic heterocycles. The zero-order valence-electron chi connectivity index (χ0n) is 16.4. The average molecular weight is 412 g/mol. The van der Waals surface area contributed by atoms with Gasteiger partial charge in [-0.05, 0) is 26.0 Å². The van der Waals surface area contributed by atoms with Gasteiger partial charge in [0.15, 0.2) is 12.0 Å². The lowest BCUT2D eigenvalue weighted by atomic mass is 9.91. The number of hydrogen-bond acceptors (Lipinski definition) is 7. The van der Waals surface area contributed by atoms with E-state index in [0.29, 0.717) is 23.3 Å². The van der Waals surface area contributed by atoms with Gasteiger partial charge in [-0.25, -0.2) is 4.79 Å². The maximum absolute atomic E-state index is 13.5. The van der Waals surface area contributed by atoms with Gasteiger partial charge >= 0.3 is 5.69 Å². The number of fused-ring (bicyclic) bond motifs is 8. The highest BCUT2D eigenvalue weighted by Crippen LogP contribution is 2.52. The lowest BCUT2D eigenvalue weighted by Gasteiger charge is -2.24. The molecule has 2 bridgehead atoms. The first kappa shape index (κ1) is 18.2. The van der Waals surface area contributed by atoms with Crippen LogP contribution in [0, 0.1) is 0 Å². The van der Waals surface area contributed by atoms with Crippen LogP contribution in [-0.2, 0) is 25.4 Å². The summed E-state index contributed by atoms with van der Waals surface area (Å²) in [5.41, 5.74) is -1.36. The largest absolute Gasteiger partial charge is 0.366 e. The van der Waals surface area contributed by atoms with E-state index in [1.807, 2.05) is 0 Å². The van der Waals surface area contributed by atoms with E-state index in [-0.39, 0.29) is 5.56 Å². The Morgan fingerprint density at radius 3 is 2.50 bits per heavy atom. The molecule has 0 radical (unpaired) electrons. The summed E-state index contributed by atoms with van der Waals surface area (Å²) in [6, 6.07) is 9.55. The van der Waals surface area contributed by atoms with E-state index in [1.165, 1.54) is 10.6 Å². The van der Waals surface area contributed by atoms with E-state index in [9.17, 15) is 14.4 Å². The van der Waals surface area contributed by atoms with Crippen LogP contribution in [0.3, 0.4) is 0 Å². The van der Waals surface area contributed by atoms with Crippen molar-refractivity contribution in [2.75, 3.05) is 6.61 Å². The fraction of sp³-hybridized carbons (Fsp3) is 0.476. The third-order valence-electron chi connectivity index (χ3n) is 6.24. The Labute approximate surface area is 170 Å². The molecule has 1 aromatic carbocycles. The van der Waals surface area contributed by atoms with E-state index < -0.39 is 53.1 Å². The second kappa shape index (κ2) is 5.76. The minimum absolute atomic E-state index is 0.248. The number of ether oxygens (including phenoxy) is 4. The lowest BCUT2D eigenvalue weighted by Crippen LogP contribution is -2.49. The van der Waals surface area contributed by atoms with Crippen LogP contribution in [0.15, 0.2) is 46.0 Å². The van der Waals surface area contributed by atoms with Gasteiger partial charge < -0.3 is 18.9 Å². The highest BCUT2D eigenvalue weighted by Gasteiger charge is 2.68. The molecular formula is C21H20N2O7. The van der Waals surface area contributed by atoms with Gasteiger partial charge in [0.05, 0.1) is 6.61 Å². The van der Waals surface area contributed by atoms with Crippen LogP contribution in [0.1, 0.15) is 36.1 Å². The second-order valence-corrected chi connectivity index (χ2v) is 8.68. The van der Waals surface area contributed by atoms with E-state index in [0.717, 1.165) is 0 Å². The van der Waals surface area contributed by atoms with E-state index >= 15 is 0 Å². The average Bonchev–Trinajstić information content (AvgIpc) is 3.33. The van der Waals surface area contributed by atoms with Gasteiger partial charge in [0, 0.05) is 23.7 Å². The topological polar surface area (TPSA) is 101 Å². The summed E-state index contributed by atoms with van der Waals surface area (Å²) in [5, 5.41) is 0. The van der Waals surface area contributed by atoms with Crippen LogP contribution in [0.2, 0.25) is 0 Å². The molecule has 3 saturated heterocycles. The molecule has 6 rings (SSSR count). The van der Waals surface area contributed by atoms with Crippen molar-refractivity contribution in [2.24, 2.45) is 0 Å². The van der Waals surface area contributed by atoms with Crippen molar-refractivity contribution in [3.8, 4) is 0 Å². The smallest absolute Gasteiger partial charge is 0.340 e. The van der Waals surface area contributed by atoms with E-state index in [4.69, 9.17) is 18.9 Å². The van der Waals surface area contributed by atoms with Crippen molar-refractivity contribution in [3.05, 3.63) is 68.5 Å². The molecular weight excluding hydrogens is 392 g/mol. The molecule has 9 heteroatoms. The molecule has 30 heavy (non-hydrogen) atoms. The number of nitrogens with zero attached hydrogens (tertiary/aromatic N) is 2. The Morgan fingerprint density at radius 1 is 1.10 bits per heavy atom. The second-order valence-electron chi connectivity index (χ2n) is 8.68. The minimum atomic E-state index is -0.839. The number of carbonyl (C=O) groups excluding carboxylic acids is 1. The summed E-state index contributed by atoms with van der Waals surface area (Å²) in [4.78, 5) is 39.2. The Bertz CT molecular complexity index is 1180. The summed E-state index contributed by atoms with van der Waals surface area (Å²) in [7, 11) is 0. The Morgan fingerprint density at radius 2 is 1.80 bits per heavy atom. The molecule has 0 amide bonds. The highest BCUT2D eigenvalue weighted by molar-refractivity contribution is 5.95. The fourth-order valence-corrected chi connectivity index (χ4v) is 4.88. The predicted octanol–water partition coefficient (Wildman–Crippen LogP) is 0.441. The monoisotopic (exact) mass is 412 g/mol. The highest BCUT2D eigenvalue weighted by atomic mass is 16.8. The van der Waals surface area contributed by atoms with E-state index in [2.05, 4.69) is 0 Å². The summed E-state index contributed by atoms with van der Waals surface area (Å²) in [6.07, 6.45) is -1.88. The first-order valence-corrected chi connectivity index (χ1v) is 9.92. The van der Waals surface area contributed by atoms with E-state index in [1.54, 1.807) is 44.2 Å². The molecule has 5 heterocycles. The SMILES string of the molecule is CC1(C)O[C@@H]2[C@H](O1)[C@@H]1O[C@H]2n2c(cc(=O)n(C(=O)c3ccccc3)c2=O)CC12CO2. The van der Waals surface area contributed by atoms with Crippen molar-refractivity contribution >= 4 is 5.91 Å². The van der Waals surface area contributed by atoms with Gasteiger partial charge in [-0.15, -0.1) is 0 Å². The van der Waals surface area contributed by atoms with Crippen molar-refractivity contribution in [2.45, 2.75) is 56.2 Å². The quantitative estimate of drug-likeness (QED) is 0.627. The number of rotatable bonds is 1. The van der Waals surface area contributed by atoms with Gasteiger partial charge in [-0.2, -0.15) is 4.57 Å². The molecule has 4 aliphatic rings. The number of aromatic nitrogens is 2. The zero-order chi connectivity index (χ0) is 20.8. The third kappa shape index (κ3) is 2.40. The van der Waals surface area contributed by atoms with Crippen LogP contribution in [-0.4, -0.2) is 51.3 Å². The van der Waals surface area contributed by atoms with Crippen molar-refractivity contribution < 1.29 is 23.7 Å². The summed E-state index contributed by atoms with van der Waals surface area (Å²) >= 11 is 0. The maximum atomic E-state index is 13.5. The van der Waals surface area contributed by atoms with Crippen LogP contribution in [0.4, 0.5) is 0 Å². The molecule has 3 fully saturated rings. The third-order valence-corrected chi connectivity index (χ3v) is 6.24. The summed E-state index contributed by atoms with van der Waals surface area (Å²) in [5.74, 6) is -1.52. The summed E-state index contributed by atoms with van der Waals surface area (Å²) in [6.45, 7) is 4.06. The van der Waals surface area contributed by atoms with Crippen molar-refractivity contribution in [1.29, 1.82) is 0 Å². The zero-order valence-corrected chi connectivity index (χ0v) is 16.4. The number of carbonyl (C=O) groups is 1. The predicted molar refractivity (Wildman–Crippen MR) is 101 cm³/mol. The van der Waals surface area contributed by atoms with Gasteiger partial charge in [0.2, 0.25) is 0 Å². The van der Waals surface area contributed by atoms with Crippen LogP contribution >= 0.6 is 0 Å². The summed E-state index contributed by atoms with van der Waals surface area (Å²) < 4.78 is 26.1. The van der Waals surface area contributed by atoms with Crippen molar-refractivity contribution in [3.63, 3.8) is 0 Å². The number of benzene rings is 1. The molecule has 0 saturated carbocycles. The first-order chi connectivity index (χ1) is 14.3. The molecule has 156 valence electrons. The van der Waals surface area contributed by atoms with Crippen LogP contribution in [0.25, 0.3) is 0 Å². The van der Waals surface area contributed by atoms with Gasteiger partial charge in [-0.3, -0.25) is 14.2 Å². The van der Waals surface area contributed by atoms with Crippen LogP contribution < -0.4 is 11.2 Å². The molecule has 0 aliphatic carbocycles. The first-order valence-electron chi connectivity index (χ1n) is 9.92. The molecule has 0 N–H and O–H groups in total. The molecule has 9 nitrogen and oxygen atoms in total. The Kier molecular flexibility index (Phi) is 3.49. The molecule has 1 spiro atoms. The lowest BCUT2D eigenvalue weighted by molar-refractivity contribution is -0.201. The van der Waals surface area contributed by atoms with Crippen molar-refractivity contribution in [1.82, 2.24) is 9.13 Å². The van der Waals surface area contributed by atoms with Gasteiger partial charge in [0.25, 0.3) is 11.5 Å². The van der Waals surface area contributed by atoms with Crippen LogP contribution in [0.5, 0.6) is 0 Å². The Balaban J connectivity index is 1.54. The Hall–Kier alpha value is -2.59. The number of hydrogen-bond donors (Lipinski definition) is 0. The normalized spacial score (nSPS) is 35.0. The maximum Gasteiger partial charge on any atom is 0.340 e. The molecule has 5 atom stereocenters. The van der Waals surface area contributed by atoms with Gasteiger partial charge in [-0.1, -0.05) is 18.2 Å². The molecule has 4 aliphatic heterocycles. The molecule has 1 unspecified atom stereocenters. The minimum Gasteiger partial charge on any atom is -0.366 e. The van der Waals surface area contributed by atoms with Gasteiger partial charge in [0.1, 0.15) is 23.9 Å².